The van der Waals surface area contributed by atoms with Crippen LogP contribution in [0.2, 0.25) is 5.02 Å². The Balaban J connectivity index is 2.13. The van der Waals surface area contributed by atoms with Crippen LogP contribution in [0, 0.1) is 0 Å². The molecule has 1 aromatic heterocycles. The highest BCUT2D eigenvalue weighted by atomic mass is 35.5. The van der Waals surface area contributed by atoms with Crippen molar-refractivity contribution < 1.29 is 14.6 Å². The molecule has 1 N–H and O–H groups in total. The fraction of sp³-hybridized carbons (Fsp3) is 0.294. The maximum absolute atomic E-state index is 12.6. The third-order valence-corrected chi connectivity index (χ3v) is 3.64. The molecule has 23 heavy (non-hydrogen) atoms. The van der Waals surface area contributed by atoms with Gasteiger partial charge in [-0.25, -0.2) is 0 Å². The van der Waals surface area contributed by atoms with Crippen molar-refractivity contribution in [3.63, 3.8) is 0 Å². The average Bonchev–Trinajstić information content (AvgIpc) is 2.55. The van der Waals surface area contributed by atoms with Crippen molar-refractivity contribution in [3.8, 4) is 5.75 Å². The molecule has 0 radical (unpaired) electrons. The van der Waals surface area contributed by atoms with E-state index in [-0.39, 0.29) is 25.5 Å². The summed E-state index contributed by atoms with van der Waals surface area (Å²) in [6.07, 6.45) is 3.54. The zero-order chi connectivity index (χ0) is 16.7. The summed E-state index contributed by atoms with van der Waals surface area (Å²) in [5, 5.41) is 9.77. The molecule has 0 saturated heterocycles. The number of amides is 1. The summed E-state index contributed by atoms with van der Waals surface area (Å²) in [7, 11) is 1.55. The molecular weight excluding hydrogens is 316 g/mol. The van der Waals surface area contributed by atoms with E-state index in [1.807, 2.05) is 12.1 Å². The van der Waals surface area contributed by atoms with Crippen LogP contribution in [0.15, 0.2) is 42.7 Å². The molecule has 0 unspecified atom stereocenters. The summed E-state index contributed by atoms with van der Waals surface area (Å²) >= 11 is 6.00. The van der Waals surface area contributed by atoms with Crippen LogP contribution in [0.25, 0.3) is 0 Å². The number of nitrogens with zero attached hydrogens (tertiary/aromatic N) is 2. The molecule has 0 aliphatic heterocycles. The van der Waals surface area contributed by atoms with E-state index in [4.69, 9.17) is 16.3 Å². The van der Waals surface area contributed by atoms with Gasteiger partial charge < -0.3 is 14.7 Å². The van der Waals surface area contributed by atoms with Gasteiger partial charge in [0.05, 0.1) is 20.1 Å². The van der Waals surface area contributed by atoms with Gasteiger partial charge in [0.25, 0.3) is 0 Å². The lowest BCUT2D eigenvalue weighted by molar-refractivity contribution is -0.131. The Labute approximate surface area is 140 Å². The highest BCUT2D eigenvalue weighted by Gasteiger charge is 2.16. The molecule has 0 atom stereocenters. The molecule has 6 heteroatoms. The Morgan fingerprint density at radius 2 is 2.22 bits per heavy atom. The van der Waals surface area contributed by atoms with E-state index < -0.39 is 0 Å². The fourth-order valence-corrected chi connectivity index (χ4v) is 2.48. The maximum Gasteiger partial charge on any atom is 0.227 e. The molecule has 0 saturated carbocycles. The van der Waals surface area contributed by atoms with Crippen LogP contribution in [0.5, 0.6) is 5.75 Å². The fourth-order valence-electron chi connectivity index (χ4n) is 2.28. The van der Waals surface area contributed by atoms with Gasteiger partial charge in [0.1, 0.15) is 5.75 Å². The van der Waals surface area contributed by atoms with Crippen molar-refractivity contribution >= 4 is 17.5 Å². The maximum atomic E-state index is 12.6. The summed E-state index contributed by atoms with van der Waals surface area (Å²) < 4.78 is 5.27. The number of ether oxygens (including phenoxy) is 1. The highest BCUT2D eigenvalue weighted by molar-refractivity contribution is 6.30. The molecule has 1 aromatic carbocycles. The van der Waals surface area contributed by atoms with E-state index in [2.05, 4.69) is 4.98 Å². The van der Waals surface area contributed by atoms with E-state index in [1.165, 1.54) is 0 Å². The van der Waals surface area contributed by atoms with Gasteiger partial charge in [-0.05, 0) is 29.8 Å². The minimum Gasteiger partial charge on any atom is -0.496 e. The first-order chi connectivity index (χ1) is 11.1. The van der Waals surface area contributed by atoms with Gasteiger partial charge in [-0.1, -0.05) is 17.7 Å². The number of aliphatic hydroxyl groups excluding tert-OH is 1. The first-order valence-electron chi connectivity index (χ1n) is 7.24. The number of pyridine rings is 1. The number of halogens is 1. The Morgan fingerprint density at radius 3 is 2.87 bits per heavy atom. The van der Waals surface area contributed by atoms with Crippen LogP contribution in [0.3, 0.4) is 0 Å². The van der Waals surface area contributed by atoms with Crippen LogP contribution in [0.1, 0.15) is 11.1 Å². The van der Waals surface area contributed by atoms with Gasteiger partial charge in [0, 0.05) is 36.1 Å². The van der Waals surface area contributed by atoms with E-state index >= 15 is 0 Å². The molecule has 0 aliphatic carbocycles. The molecule has 122 valence electrons. The topological polar surface area (TPSA) is 62.7 Å². The monoisotopic (exact) mass is 334 g/mol. The molecule has 2 aromatic rings. The number of hydrogen-bond acceptors (Lipinski definition) is 4. The Morgan fingerprint density at radius 1 is 1.39 bits per heavy atom. The van der Waals surface area contributed by atoms with Crippen molar-refractivity contribution in [1.82, 2.24) is 9.88 Å². The smallest absolute Gasteiger partial charge is 0.227 e. The number of aliphatic hydroxyl groups is 1. The molecule has 5 nitrogen and oxygen atoms in total. The lowest BCUT2D eigenvalue weighted by Gasteiger charge is -2.22. The molecular formula is C17H19ClN2O3. The number of rotatable bonds is 7. The molecule has 1 heterocycles. The van der Waals surface area contributed by atoms with E-state index in [0.717, 1.165) is 11.1 Å². The number of methoxy groups -OCH3 is 1. The minimum atomic E-state index is -0.108. The zero-order valence-corrected chi connectivity index (χ0v) is 13.7. The predicted octanol–water partition coefficient (Wildman–Crippen LogP) is 2.31. The second-order valence-electron chi connectivity index (χ2n) is 5.03. The van der Waals surface area contributed by atoms with Crippen LogP contribution in [-0.4, -0.2) is 41.2 Å². The van der Waals surface area contributed by atoms with Crippen molar-refractivity contribution in [2.24, 2.45) is 0 Å². The Kier molecular flexibility index (Phi) is 6.38. The minimum absolute atomic E-state index is 0.0985. The van der Waals surface area contributed by atoms with Crippen LogP contribution < -0.4 is 4.74 Å². The van der Waals surface area contributed by atoms with Crippen molar-refractivity contribution in [2.45, 2.75) is 13.0 Å². The van der Waals surface area contributed by atoms with Gasteiger partial charge in [-0.15, -0.1) is 0 Å². The van der Waals surface area contributed by atoms with Crippen LogP contribution in [0.4, 0.5) is 0 Å². The summed E-state index contributed by atoms with van der Waals surface area (Å²) in [5.41, 5.74) is 1.63. The van der Waals surface area contributed by atoms with Crippen LogP contribution >= 0.6 is 11.6 Å². The van der Waals surface area contributed by atoms with Crippen LogP contribution in [-0.2, 0) is 17.8 Å². The second-order valence-corrected chi connectivity index (χ2v) is 5.47. The molecule has 0 spiro atoms. The Hall–Kier alpha value is -2.11. The lowest BCUT2D eigenvalue weighted by Crippen LogP contribution is -2.34. The van der Waals surface area contributed by atoms with E-state index in [0.29, 0.717) is 17.3 Å². The molecule has 1 amide bonds. The largest absolute Gasteiger partial charge is 0.496 e. The van der Waals surface area contributed by atoms with Gasteiger partial charge in [0.2, 0.25) is 5.91 Å². The van der Waals surface area contributed by atoms with Crippen molar-refractivity contribution in [1.29, 1.82) is 0 Å². The highest BCUT2D eigenvalue weighted by Crippen LogP contribution is 2.23. The van der Waals surface area contributed by atoms with Crippen molar-refractivity contribution in [2.75, 3.05) is 20.3 Å². The normalized spacial score (nSPS) is 10.4. The number of carbonyl (C=O) groups is 1. The standard InChI is InChI=1S/C17H19ClN2O3/c1-23-16-5-4-15(18)9-14(16)10-17(22)20(7-8-21)12-13-3-2-6-19-11-13/h2-6,9,11,21H,7-8,10,12H2,1H3. The molecule has 0 fully saturated rings. The molecule has 0 aliphatic rings. The lowest BCUT2D eigenvalue weighted by atomic mass is 10.1. The summed E-state index contributed by atoms with van der Waals surface area (Å²) in [5.74, 6) is 0.511. The SMILES string of the molecule is COc1ccc(Cl)cc1CC(=O)N(CCO)Cc1cccnc1. The first kappa shape index (κ1) is 17.2. The third-order valence-electron chi connectivity index (χ3n) is 3.40. The van der Waals surface area contributed by atoms with Gasteiger partial charge in [-0.3, -0.25) is 9.78 Å². The Bertz CT molecular complexity index is 650. The van der Waals surface area contributed by atoms with Gasteiger partial charge in [0.15, 0.2) is 0 Å². The average molecular weight is 335 g/mol. The third kappa shape index (κ3) is 4.94. The summed E-state index contributed by atoms with van der Waals surface area (Å²) in [4.78, 5) is 18.2. The van der Waals surface area contributed by atoms with E-state index in [1.54, 1.807) is 42.6 Å². The number of aromatic nitrogens is 1. The van der Waals surface area contributed by atoms with Crippen molar-refractivity contribution in [3.05, 3.63) is 58.9 Å². The van der Waals surface area contributed by atoms with Gasteiger partial charge >= 0.3 is 0 Å². The zero-order valence-electron chi connectivity index (χ0n) is 12.9. The van der Waals surface area contributed by atoms with Gasteiger partial charge in [-0.2, -0.15) is 0 Å². The first-order valence-corrected chi connectivity index (χ1v) is 7.61. The summed E-state index contributed by atoms with van der Waals surface area (Å²) in [6, 6.07) is 8.89. The second kappa shape index (κ2) is 8.50. The molecule has 0 bridgehead atoms. The molecule has 2 rings (SSSR count). The number of benzene rings is 1. The predicted molar refractivity (Wildman–Crippen MR) is 88.4 cm³/mol. The summed E-state index contributed by atoms with van der Waals surface area (Å²) in [6.45, 7) is 0.561. The van der Waals surface area contributed by atoms with E-state index in [9.17, 15) is 9.90 Å². The quantitative estimate of drug-likeness (QED) is 0.844. The number of carbonyl (C=O) groups excluding carboxylic acids is 1. The number of hydrogen-bond donors (Lipinski definition) is 1.